The van der Waals surface area contributed by atoms with Crippen molar-refractivity contribution in [2.75, 3.05) is 26.7 Å². The van der Waals surface area contributed by atoms with Crippen LogP contribution in [0.3, 0.4) is 0 Å². The Hall–Kier alpha value is -1.38. The minimum absolute atomic E-state index is 0. The van der Waals surface area contributed by atoms with Crippen LogP contribution in [-0.2, 0) is 0 Å². The predicted octanol–water partition coefficient (Wildman–Crippen LogP) is 1.72. The number of hydrogen-bond donors (Lipinski definition) is 0. The van der Waals surface area contributed by atoms with Crippen LogP contribution < -0.4 is 17.0 Å². The molecule has 0 aromatic heterocycles. The van der Waals surface area contributed by atoms with Crippen molar-refractivity contribution >= 4 is 11.6 Å². The molecule has 2 aromatic carbocycles. The summed E-state index contributed by atoms with van der Waals surface area (Å²) in [7, 11) is 2.34. The number of hydrogen-bond acceptors (Lipinski definition) is 0. The van der Waals surface area contributed by atoms with Crippen LogP contribution in [0.2, 0.25) is 0 Å². The fourth-order valence-corrected chi connectivity index (χ4v) is 2.48. The first-order valence-corrected chi connectivity index (χ1v) is 7.81. The summed E-state index contributed by atoms with van der Waals surface area (Å²) in [6, 6.07) is 21.4. The smallest absolute Gasteiger partial charge is 0.105 e. The van der Waals surface area contributed by atoms with Crippen LogP contribution in [0.25, 0.3) is 11.6 Å². The Morgan fingerprint density at radius 1 is 0.864 bits per heavy atom. The third-order valence-corrected chi connectivity index (χ3v) is 4.36. The maximum atomic E-state index is 2.34. The van der Waals surface area contributed by atoms with Crippen molar-refractivity contribution in [3.8, 4) is 0 Å². The van der Waals surface area contributed by atoms with E-state index in [9.17, 15) is 0 Å². The van der Waals surface area contributed by atoms with E-state index >= 15 is 0 Å². The molecule has 0 unspecified atom stereocenters. The number of nitrogens with zero attached hydrogens (tertiary/aromatic N) is 1. The Bertz CT molecular complexity index is 571. The van der Waals surface area contributed by atoms with Crippen molar-refractivity contribution in [2.45, 2.75) is 13.8 Å². The van der Waals surface area contributed by atoms with Gasteiger partial charge in [0.05, 0.1) is 20.1 Å². The van der Waals surface area contributed by atoms with E-state index in [1.807, 2.05) is 0 Å². The maximum absolute atomic E-state index is 2.34. The molecule has 0 radical (unpaired) electrons. The second kappa shape index (κ2) is 8.92. The summed E-state index contributed by atoms with van der Waals surface area (Å²) < 4.78 is 1.06. The zero-order valence-electron chi connectivity index (χ0n) is 13.8. The Balaban J connectivity index is 0.00000242. The molecule has 0 atom stereocenters. The van der Waals surface area contributed by atoms with Gasteiger partial charge in [-0.05, 0) is 31.1 Å². The molecule has 118 valence electrons. The van der Waals surface area contributed by atoms with Crippen LogP contribution in [0.15, 0.2) is 60.7 Å². The molecule has 2 aromatic rings. The average Bonchev–Trinajstić information content (AvgIpc) is 2.56. The molecule has 0 bridgehead atoms. The minimum Gasteiger partial charge on any atom is -1.00 e. The summed E-state index contributed by atoms with van der Waals surface area (Å²) in [5, 5.41) is 0. The third-order valence-electron chi connectivity index (χ3n) is 4.36. The van der Waals surface area contributed by atoms with Gasteiger partial charge in [-0.1, -0.05) is 60.7 Å². The van der Waals surface area contributed by atoms with Gasteiger partial charge < -0.3 is 21.5 Å². The van der Waals surface area contributed by atoms with Gasteiger partial charge in [0, 0.05) is 5.57 Å². The van der Waals surface area contributed by atoms with E-state index in [1.54, 1.807) is 0 Å². The van der Waals surface area contributed by atoms with Gasteiger partial charge in [-0.25, -0.2) is 0 Å². The normalized spacial score (nSPS) is 11.9. The van der Waals surface area contributed by atoms with Gasteiger partial charge in [-0.2, -0.15) is 0 Å². The standard InChI is InChI=1S/C20H26N.BrH/c1-4-21(3,5-2)17-20(19-14-10-7-11-15-19)16-18-12-8-6-9-13-18;/h6-16H,4-5,17H2,1-3H3;1H/q+1;/p-1. The topological polar surface area (TPSA) is 0 Å². The van der Waals surface area contributed by atoms with Crippen LogP contribution in [0.5, 0.6) is 0 Å². The summed E-state index contributed by atoms with van der Waals surface area (Å²) in [5.41, 5.74) is 4.01. The first-order chi connectivity index (χ1) is 10.2. The largest absolute Gasteiger partial charge is 1.00 e. The quantitative estimate of drug-likeness (QED) is 0.544. The highest BCUT2D eigenvalue weighted by Gasteiger charge is 2.19. The Morgan fingerprint density at radius 3 is 1.86 bits per heavy atom. The lowest BCUT2D eigenvalue weighted by molar-refractivity contribution is -0.898. The van der Waals surface area contributed by atoms with Crippen molar-refractivity contribution in [1.29, 1.82) is 0 Å². The molecule has 0 aliphatic carbocycles. The SMILES string of the molecule is CC[N+](C)(CC)CC(=Cc1ccccc1)c1ccccc1.[Br-]. The van der Waals surface area contributed by atoms with Crippen molar-refractivity contribution in [3.63, 3.8) is 0 Å². The molecular formula is C20H26BrN. The molecule has 0 aliphatic heterocycles. The zero-order chi connectivity index (χ0) is 15.1. The highest BCUT2D eigenvalue weighted by atomic mass is 79.9. The third kappa shape index (κ3) is 5.11. The van der Waals surface area contributed by atoms with E-state index in [4.69, 9.17) is 0 Å². The Kier molecular flexibility index (Phi) is 7.57. The van der Waals surface area contributed by atoms with Crippen molar-refractivity contribution in [3.05, 3.63) is 71.8 Å². The van der Waals surface area contributed by atoms with Gasteiger partial charge in [-0.15, -0.1) is 0 Å². The zero-order valence-corrected chi connectivity index (χ0v) is 15.4. The number of benzene rings is 2. The maximum Gasteiger partial charge on any atom is 0.105 e. The number of rotatable bonds is 6. The molecule has 0 spiro atoms. The van der Waals surface area contributed by atoms with Crippen molar-refractivity contribution in [2.24, 2.45) is 0 Å². The molecule has 0 amide bonds. The van der Waals surface area contributed by atoms with Crippen LogP contribution in [-0.4, -0.2) is 31.2 Å². The average molecular weight is 360 g/mol. The van der Waals surface area contributed by atoms with E-state index in [2.05, 4.69) is 87.6 Å². The fraction of sp³-hybridized carbons (Fsp3) is 0.300. The molecule has 0 N–H and O–H groups in total. The minimum atomic E-state index is 0. The van der Waals surface area contributed by atoms with E-state index in [0.717, 1.165) is 24.1 Å². The van der Waals surface area contributed by atoms with E-state index in [1.165, 1.54) is 16.7 Å². The highest BCUT2D eigenvalue weighted by molar-refractivity contribution is 5.81. The summed E-state index contributed by atoms with van der Waals surface area (Å²) in [5.74, 6) is 0. The first kappa shape index (κ1) is 18.7. The predicted molar refractivity (Wildman–Crippen MR) is 92.9 cm³/mol. The molecule has 0 saturated heterocycles. The van der Waals surface area contributed by atoms with E-state index < -0.39 is 0 Å². The number of quaternary nitrogens is 1. The van der Waals surface area contributed by atoms with Gasteiger partial charge in [0.15, 0.2) is 0 Å². The molecule has 0 fully saturated rings. The second-order valence-electron chi connectivity index (χ2n) is 5.86. The number of likely N-dealkylation sites (N-methyl/N-ethyl adjacent to an activating group) is 1. The van der Waals surface area contributed by atoms with Gasteiger partial charge in [0.2, 0.25) is 0 Å². The van der Waals surface area contributed by atoms with Crippen molar-refractivity contribution < 1.29 is 21.5 Å². The van der Waals surface area contributed by atoms with Gasteiger partial charge >= 0.3 is 0 Å². The van der Waals surface area contributed by atoms with Gasteiger partial charge in [0.25, 0.3) is 0 Å². The van der Waals surface area contributed by atoms with Crippen LogP contribution in [0.4, 0.5) is 0 Å². The fourth-order valence-electron chi connectivity index (χ4n) is 2.48. The van der Waals surface area contributed by atoms with Crippen LogP contribution in [0, 0.1) is 0 Å². The van der Waals surface area contributed by atoms with Gasteiger partial charge in [0.1, 0.15) is 6.54 Å². The van der Waals surface area contributed by atoms with E-state index in [0.29, 0.717) is 0 Å². The second-order valence-corrected chi connectivity index (χ2v) is 5.86. The van der Waals surface area contributed by atoms with E-state index in [-0.39, 0.29) is 17.0 Å². The first-order valence-electron chi connectivity index (χ1n) is 7.81. The van der Waals surface area contributed by atoms with Crippen molar-refractivity contribution in [1.82, 2.24) is 0 Å². The molecule has 0 saturated carbocycles. The molecule has 2 heteroatoms. The summed E-state index contributed by atoms with van der Waals surface area (Å²) in [4.78, 5) is 0. The number of halogens is 1. The lowest BCUT2D eigenvalue weighted by Gasteiger charge is -2.33. The molecule has 1 nitrogen and oxygen atoms in total. The molecule has 0 aliphatic rings. The Labute approximate surface area is 145 Å². The Morgan fingerprint density at radius 2 is 1.36 bits per heavy atom. The molecular weight excluding hydrogens is 334 g/mol. The summed E-state index contributed by atoms with van der Waals surface area (Å²) in [6.07, 6.45) is 2.33. The molecule has 22 heavy (non-hydrogen) atoms. The monoisotopic (exact) mass is 359 g/mol. The molecule has 2 rings (SSSR count). The van der Waals surface area contributed by atoms with Gasteiger partial charge in [-0.3, -0.25) is 0 Å². The summed E-state index contributed by atoms with van der Waals surface area (Å²) >= 11 is 0. The lowest BCUT2D eigenvalue weighted by atomic mass is 10.0. The lowest BCUT2D eigenvalue weighted by Crippen LogP contribution is -3.00. The van der Waals surface area contributed by atoms with Crippen LogP contribution >= 0.6 is 0 Å². The highest BCUT2D eigenvalue weighted by Crippen LogP contribution is 2.22. The summed E-state index contributed by atoms with van der Waals surface area (Å²) in [6.45, 7) is 7.90. The van der Waals surface area contributed by atoms with Crippen LogP contribution in [0.1, 0.15) is 25.0 Å². The molecule has 0 heterocycles.